The molecule has 1 aromatic carbocycles. The Labute approximate surface area is 146 Å². The van der Waals surface area contributed by atoms with Gasteiger partial charge in [0.2, 0.25) is 0 Å². The Balaban J connectivity index is 1.90. The van der Waals surface area contributed by atoms with E-state index >= 15 is 0 Å². The number of ether oxygens (including phenoxy) is 2. The van der Waals surface area contributed by atoms with Crippen molar-refractivity contribution in [1.29, 1.82) is 0 Å². The van der Waals surface area contributed by atoms with Crippen LogP contribution < -0.4 is 0 Å². The standard InChI is InChI=1S/C15H13F6NO3S/c16-14(17,18)10-5-9(6-11(7-10)15(19,20)21)12(23)22-26-4-1-13(8-26)24-2-3-25-13/h5-7H,1-4,8H2/t26-/m1/s1. The molecule has 2 heterocycles. The summed E-state index contributed by atoms with van der Waals surface area (Å²) in [6.07, 6.45) is -9.55. The summed E-state index contributed by atoms with van der Waals surface area (Å²) in [6.45, 7) is 0.793. The number of hydrogen-bond donors (Lipinski definition) is 0. The number of nitrogens with zero attached hydrogens (tertiary/aromatic N) is 1. The Hall–Kier alpha value is -1.46. The average molecular weight is 401 g/mol. The Kier molecular flexibility index (Phi) is 4.91. The zero-order valence-corrected chi connectivity index (χ0v) is 13.9. The predicted molar refractivity (Wildman–Crippen MR) is 79.6 cm³/mol. The minimum atomic E-state index is -5.01. The molecule has 0 aliphatic carbocycles. The van der Waals surface area contributed by atoms with E-state index in [-0.39, 0.29) is 11.8 Å². The van der Waals surface area contributed by atoms with E-state index in [1.54, 1.807) is 0 Å². The molecule has 11 heteroatoms. The van der Waals surface area contributed by atoms with Crippen LogP contribution >= 0.6 is 0 Å². The molecule has 1 aromatic rings. The average Bonchev–Trinajstić information content (AvgIpc) is 3.15. The Morgan fingerprint density at radius 3 is 2.04 bits per heavy atom. The maximum atomic E-state index is 12.9. The lowest BCUT2D eigenvalue weighted by Crippen LogP contribution is -2.30. The number of amides is 1. The molecule has 2 fully saturated rings. The molecule has 1 amide bonds. The third kappa shape index (κ3) is 4.09. The highest BCUT2D eigenvalue weighted by atomic mass is 32.2. The van der Waals surface area contributed by atoms with Crippen molar-refractivity contribution in [1.82, 2.24) is 0 Å². The first-order valence-electron chi connectivity index (χ1n) is 7.50. The van der Waals surface area contributed by atoms with Crippen molar-refractivity contribution >= 4 is 16.6 Å². The van der Waals surface area contributed by atoms with Gasteiger partial charge in [-0.1, -0.05) is 10.7 Å². The van der Waals surface area contributed by atoms with Crippen molar-refractivity contribution in [2.24, 2.45) is 4.36 Å². The highest BCUT2D eigenvalue weighted by Crippen LogP contribution is 2.37. The van der Waals surface area contributed by atoms with Gasteiger partial charge in [0.15, 0.2) is 5.79 Å². The van der Waals surface area contributed by atoms with Crippen LogP contribution in [0, 0.1) is 0 Å². The fourth-order valence-electron chi connectivity index (χ4n) is 2.72. The third-order valence-electron chi connectivity index (χ3n) is 3.97. The van der Waals surface area contributed by atoms with Crippen LogP contribution in [0.4, 0.5) is 26.3 Å². The Morgan fingerprint density at radius 2 is 1.54 bits per heavy atom. The molecule has 0 aromatic heterocycles. The number of carbonyl (C=O) groups excluding carboxylic acids is 1. The molecule has 0 radical (unpaired) electrons. The molecule has 2 aliphatic heterocycles. The summed E-state index contributed by atoms with van der Waals surface area (Å²) < 4.78 is 91.9. The van der Waals surface area contributed by atoms with E-state index in [1.807, 2.05) is 0 Å². The van der Waals surface area contributed by atoms with Crippen molar-refractivity contribution in [2.75, 3.05) is 24.7 Å². The highest BCUT2D eigenvalue weighted by Gasteiger charge is 2.42. The Bertz CT molecular complexity index is 720. The van der Waals surface area contributed by atoms with Crippen molar-refractivity contribution in [3.05, 3.63) is 34.9 Å². The van der Waals surface area contributed by atoms with Gasteiger partial charge in [0.05, 0.1) is 30.1 Å². The molecule has 0 N–H and O–H groups in total. The second kappa shape index (κ2) is 6.61. The largest absolute Gasteiger partial charge is 0.416 e. The van der Waals surface area contributed by atoms with E-state index in [0.717, 1.165) is 0 Å². The summed E-state index contributed by atoms with van der Waals surface area (Å²) in [7, 11) is -0.880. The molecule has 1 atom stereocenters. The fraction of sp³-hybridized carbons (Fsp3) is 0.533. The van der Waals surface area contributed by atoms with E-state index in [9.17, 15) is 31.1 Å². The highest BCUT2D eigenvalue weighted by molar-refractivity contribution is 7.87. The van der Waals surface area contributed by atoms with Gasteiger partial charge in [-0.2, -0.15) is 30.7 Å². The van der Waals surface area contributed by atoms with Crippen LogP contribution in [0.15, 0.2) is 22.6 Å². The summed E-state index contributed by atoms with van der Waals surface area (Å²) >= 11 is 0. The Morgan fingerprint density at radius 1 is 1.00 bits per heavy atom. The molecule has 0 unspecified atom stereocenters. The van der Waals surface area contributed by atoms with E-state index in [2.05, 4.69) is 4.36 Å². The van der Waals surface area contributed by atoms with Crippen molar-refractivity contribution < 1.29 is 40.6 Å². The molecule has 2 saturated heterocycles. The van der Waals surface area contributed by atoms with Gasteiger partial charge >= 0.3 is 12.4 Å². The van der Waals surface area contributed by atoms with E-state index in [4.69, 9.17) is 9.47 Å². The number of halogens is 6. The van der Waals surface area contributed by atoms with E-state index in [0.29, 0.717) is 37.5 Å². The van der Waals surface area contributed by atoms with Gasteiger partial charge in [-0.3, -0.25) is 4.79 Å². The molecule has 144 valence electrons. The smallest absolute Gasteiger partial charge is 0.347 e. The van der Waals surface area contributed by atoms with Gasteiger partial charge in [0.25, 0.3) is 5.91 Å². The van der Waals surface area contributed by atoms with Crippen LogP contribution in [0.25, 0.3) is 0 Å². The van der Waals surface area contributed by atoms with Gasteiger partial charge in [-0.05, 0) is 18.2 Å². The van der Waals surface area contributed by atoms with Crippen molar-refractivity contribution in [2.45, 2.75) is 24.6 Å². The zero-order chi connectivity index (χ0) is 19.2. The number of hydrogen-bond acceptors (Lipinski definition) is 3. The summed E-state index contributed by atoms with van der Waals surface area (Å²) in [4.78, 5) is 12.2. The fourth-order valence-corrected chi connectivity index (χ4v) is 4.73. The summed E-state index contributed by atoms with van der Waals surface area (Å²) in [5.74, 6) is -1.25. The second-order valence-electron chi connectivity index (χ2n) is 5.86. The zero-order valence-electron chi connectivity index (χ0n) is 13.1. The molecule has 0 saturated carbocycles. The van der Waals surface area contributed by atoms with Crippen LogP contribution in [-0.4, -0.2) is 36.4 Å². The van der Waals surface area contributed by atoms with Crippen LogP contribution in [0.2, 0.25) is 0 Å². The lowest BCUT2D eigenvalue weighted by Gasteiger charge is -2.19. The summed E-state index contributed by atoms with van der Waals surface area (Å²) in [5, 5.41) is 0. The monoisotopic (exact) mass is 401 g/mol. The van der Waals surface area contributed by atoms with Crippen LogP contribution in [0.1, 0.15) is 27.9 Å². The number of benzene rings is 1. The van der Waals surface area contributed by atoms with Gasteiger partial charge in [0.1, 0.15) is 0 Å². The van der Waals surface area contributed by atoms with Gasteiger partial charge in [-0.15, -0.1) is 0 Å². The normalized spacial score (nSPS) is 23.1. The molecule has 3 rings (SSSR count). The molecule has 4 nitrogen and oxygen atoms in total. The minimum absolute atomic E-state index is 0.0240. The van der Waals surface area contributed by atoms with Crippen molar-refractivity contribution in [3.63, 3.8) is 0 Å². The maximum Gasteiger partial charge on any atom is 0.416 e. The molecule has 2 aliphatic rings. The van der Waals surface area contributed by atoms with Gasteiger partial charge < -0.3 is 9.47 Å². The topological polar surface area (TPSA) is 47.9 Å². The van der Waals surface area contributed by atoms with Crippen LogP contribution in [0.5, 0.6) is 0 Å². The summed E-state index contributed by atoms with van der Waals surface area (Å²) in [6, 6.07) is 0.752. The molecule has 0 bridgehead atoms. The van der Waals surface area contributed by atoms with Crippen LogP contribution in [0.3, 0.4) is 0 Å². The molecular weight excluding hydrogens is 388 g/mol. The predicted octanol–water partition coefficient (Wildman–Crippen LogP) is 3.81. The van der Waals surface area contributed by atoms with Gasteiger partial charge in [-0.25, -0.2) is 0 Å². The van der Waals surface area contributed by atoms with Crippen LogP contribution in [-0.2, 0) is 32.5 Å². The van der Waals surface area contributed by atoms with E-state index < -0.39 is 51.4 Å². The number of alkyl halides is 6. The lowest BCUT2D eigenvalue weighted by molar-refractivity contribution is -0.143. The minimum Gasteiger partial charge on any atom is -0.347 e. The second-order valence-corrected chi connectivity index (χ2v) is 7.66. The van der Waals surface area contributed by atoms with Crippen molar-refractivity contribution in [3.8, 4) is 0 Å². The first-order chi connectivity index (χ1) is 12.0. The third-order valence-corrected chi connectivity index (χ3v) is 5.84. The number of rotatable bonds is 1. The maximum absolute atomic E-state index is 12.9. The SMILES string of the molecule is O=C(N=[S@@]1CCC2(C1)OCCO2)c1cc(C(F)(F)F)cc(C(F)(F)F)c1. The number of carbonyl (C=O) groups is 1. The lowest BCUT2D eigenvalue weighted by atomic mass is 10.0. The first-order valence-corrected chi connectivity index (χ1v) is 9.02. The molecular formula is C15H13F6NO3S. The first kappa shape index (κ1) is 19.3. The molecule has 26 heavy (non-hydrogen) atoms. The quantitative estimate of drug-likeness (QED) is 0.673. The summed E-state index contributed by atoms with van der Waals surface area (Å²) in [5.41, 5.74) is -3.83. The van der Waals surface area contributed by atoms with Gasteiger partial charge in [0, 0.05) is 17.7 Å². The molecule has 1 spiro atoms. The van der Waals surface area contributed by atoms with E-state index in [1.165, 1.54) is 0 Å².